The SMILES string of the molecule is Cc1ccc(F)c(NC(=O)c2nn(-c3ccccc3)c(C)cc2=O)c1. The summed E-state index contributed by atoms with van der Waals surface area (Å²) in [6.45, 7) is 3.50. The number of benzene rings is 2. The molecule has 6 heteroatoms. The van der Waals surface area contributed by atoms with Crippen LogP contribution in [0.3, 0.4) is 0 Å². The fraction of sp³-hybridized carbons (Fsp3) is 0.105. The number of para-hydroxylation sites is 1. The molecule has 0 saturated carbocycles. The molecule has 0 bridgehead atoms. The molecular weight excluding hydrogens is 321 g/mol. The summed E-state index contributed by atoms with van der Waals surface area (Å²) in [5, 5.41) is 6.58. The number of amides is 1. The van der Waals surface area contributed by atoms with Gasteiger partial charge in [-0.2, -0.15) is 5.10 Å². The Bertz CT molecular complexity index is 997. The molecule has 2 aromatic carbocycles. The van der Waals surface area contributed by atoms with E-state index < -0.39 is 17.2 Å². The summed E-state index contributed by atoms with van der Waals surface area (Å²) in [7, 11) is 0. The van der Waals surface area contributed by atoms with Crippen LogP contribution in [0.5, 0.6) is 0 Å². The van der Waals surface area contributed by atoms with Gasteiger partial charge >= 0.3 is 0 Å². The molecule has 0 spiro atoms. The van der Waals surface area contributed by atoms with Crippen molar-refractivity contribution in [1.29, 1.82) is 0 Å². The number of rotatable bonds is 3. The van der Waals surface area contributed by atoms with Crippen molar-refractivity contribution >= 4 is 11.6 Å². The third-order valence-corrected chi connectivity index (χ3v) is 3.69. The third-order valence-electron chi connectivity index (χ3n) is 3.69. The van der Waals surface area contributed by atoms with Gasteiger partial charge in [0.25, 0.3) is 5.91 Å². The lowest BCUT2D eigenvalue weighted by Gasteiger charge is -2.11. The highest BCUT2D eigenvalue weighted by atomic mass is 19.1. The standard InChI is InChI=1S/C19H16FN3O2/c1-12-8-9-15(20)16(10-12)21-19(25)18-17(24)11-13(2)23(22-18)14-6-4-3-5-7-14/h3-11H,1-2H3,(H,21,25). The first kappa shape index (κ1) is 16.6. The number of aryl methyl sites for hydroxylation is 2. The van der Waals surface area contributed by atoms with Gasteiger partial charge in [0.05, 0.1) is 11.4 Å². The number of halogens is 1. The Hall–Kier alpha value is -3.28. The van der Waals surface area contributed by atoms with E-state index in [2.05, 4.69) is 10.4 Å². The van der Waals surface area contributed by atoms with Crippen molar-refractivity contribution in [1.82, 2.24) is 9.78 Å². The van der Waals surface area contributed by atoms with Gasteiger partial charge in [-0.15, -0.1) is 0 Å². The van der Waals surface area contributed by atoms with Crippen molar-refractivity contribution in [3.8, 4) is 5.69 Å². The van der Waals surface area contributed by atoms with Crippen molar-refractivity contribution in [2.45, 2.75) is 13.8 Å². The maximum Gasteiger partial charge on any atom is 0.280 e. The molecule has 0 atom stereocenters. The Balaban J connectivity index is 2.01. The molecule has 1 heterocycles. The van der Waals surface area contributed by atoms with Crippen LogP contribution >= 0.6 is 0 Å². The van der Waals surface area contributed by atoms with E-state index in [4.69, 9.17) is 0 Å². The van der Waals surface area contributed by atoms with E-state index in [-0.39, 0.29) is 11.4 Å². The Morgan fingerprint density at radius 3 is 2.52 bits per heavy atom. The molecule has 3 aromatic rings. The summed E-state index contributed by atoms with van der Waals surface area (Å²) in [6, 6.07) is 14.8. The highest BCUT2D eigenvalue weighted by molar-refractivity contribution is 6.02. The van der Waals surface area contributed by atoms with Crippen LogP contribution in [0.25, 0.3) is 5.69 Å². The first-order chi connectivity index (χ1) is 12.0. The Labute approximate surface area is 143 Å². The molecule has 25 heavy (non-hydrogen) atoms. The van der Waals surface area contributed by atoms with E-state index in [1.165, 1.54) is 22.9 Å². The van der Waals surface area contributed by atoms with E-state index in [0.717, 1.165) is 11.3 Å². The van der Waals surface area contributed by atoms with E-state index in [0.29, 0.717) is 5.69 Å². The van der Waals surface area contributed by atoms with Crippen LogP contribution in [0.2, 0.25) is 0 Å². The Morgan fingerprint density at radius 1 is 1.08 bits per heavy atom. The number of nitrogens with zero attached hydrogens (tertiary/aromatic N) is 2. The molecule has 0 aliphatic rings. The van der Waals surface area contributed by atoms with Crippen LogP contribution in [-0.4, -0.2) is 15.7 Å². The van der Waals surface area contributed by atoms with Crippen molar-refractivity contribution in [2.24, 2.45) is 0 Å². The van der Waals surface area contributed by atoms with Crippen LogP contribution in [0.1, 0.15) is 21.7 Å². The van der Waals surface area contributed by atoms with Crippen LogP contribution in [0, 0.1) is 19.7 Å². The minimum absolute atomic E-state index is 0.0121. The van der Waals surface area contributed by atoms with Crippen LogP contribution in [0.4, 0.5) is 10.1 Å². The van der Waals surface area contributed by atoms with Crippen LogP contribution in [0.15, 0.2) is 59.4 Å². The number of hydrogen-bond acceptors (Lipinski definition) is 3. The van der Waals surface area contributed by atoms with Gasteiger partial charge in [-0.3, -0.25) is 9.59 Å². The second-order valence-electron chi connectivity index (χ2n) is 5.68. The molecule has 0 saturated heterocycles. The smallest absolute Gasteiger partial charge is 0.280 e. The van der Waals surface area contributed by atoms with Crippen molar-refractivity contribution < 1.29 is 9.18 Å². The van der Waals surface area contributed by atoms with Crippen molar-refractivity contribution in [2.75, 3.05) is 5.32 Å². The number of nitrogens with one attached hydrogen (secondary N) is 1. The molecule has 0 aliphatic carbocycles. The number of carbonyl (C=O) groups is 1. The van der Waals surface area contributed by atoms with Gasteiger partial charge in [0, 0.05) is 11.8 Å². The quantitative estimate of drug-likeness (QED) is 0.798. The molecule has 0 radical (unpaired) electrons. The molecule has 126 valence electrons. The second-order valence-corrected chi connectivity index (χ2v) is 5.68. The number of hydrogen-bond donors (Lipinski definition) is 1. The average molecular weight is 337 g/mol. The molecule has 5 nitrogen and oxygen atoms in total. The summed E-state index contributed by atoms with van der Waals surface area (Å²) in [5.74, 6) is -1.33. The Kier molecular flexibility index (Phi) is 4.43. The van der Waals surface area contributed by atoms with Gasteiger partial charge in [-0.25, -0.2) is 9.07 Å². The normalized spacial score (nSPS) is 10.5. The lowest BCUT2D eigenvalue weighted by Crippen LogP contribution is -2.27. The topological polar surface area (TPSA) is 64.0 Å². The van der Waals surface area contributed by atoms with Gasteiger partial charge in [-0.1, -0.05) is 24.3 Å². The third kappa shape index (κ3) is 3.47. The number of anilines is 1. The Morgan fingerprint density at radius 2 is 1.80 bits per heavy atom. The maximum atomic E-state index is 13.8. The first-order valence-corrected chi connectivity index (χ1v) is 7.69. The molecule has 1 aromatic heterocycles. The lowest BCUT2D eigenvalue weighted by molar-refractivity contribution is 0.101. The van der Waals surface area contributed by atoms with Gasteiger partial charge in [-0.05, 0) is 43.7 Å². The fourth-order valence-corrected chi connectivity index (χ4v) is 2.45. The summed E-state index contributed by atoms with van der Waals surface area (Å²) < 4.78 is 15.3. The largest absolute Gasteiger partial charge is 0.318 e. The zero-order chi connectivity index (χ0) is 18.0. The zero-order valence-corrected chi connectivity index (χ0v) is 13.8. The second kappa shape index (κ2) is 6.68. The van der Waals surface area contributed by atoms with Gasteiger partial charge in [0.2, 0.25) is 5.43 Å². The van der Waals surface area contributed by atoms with E-state index >= 15 is 0 Å². The number of carbonyl (C=O) groups excluding carboxylic acids is 1. The van der Waals surface area contributed by atoms with Crippen LogP contribution in [-0.2, 0) is 0 Å². The molecule has 0 aliphatic heterocycles. The van der Waals surface area contributed by atoms with Gasteiger partial charge in [0.1, 0.15) is 5.82 Å². The van der Waals surface area contributed by atoms with E-state index in [9.17, 15) is 14.0 Å². The molecule has 3 rings (SSSR count). The van der Waals surface area contributed by atoms with Crippen LogP contribution < -0.4 is 10.7 Å². The zero-order valence-electron chi connectivity index (χ0n) is 13.8. The van der Waals surface area contributed by atoms with Crippen molar-refractivity contribution in [3.05, 3.63) is 87.6 Å². The fourth-order valence-electron chi connectivity index (χ4n) is 2.45. The summed E-state index contributed by atoms with van der Waals surface area (Å²) in [4.78, 5) is 24.6. The minimum Gasteiger partial charge on any atom is -0.318 e. The minimum atomic E-state index is -0.751. The average Bonchev–Trinajstić information content (AvgIpc) is 2.59. The predicted octanol–water partition coefficient (Wildman–Crippen LogP) is 3.24. The lowest BCUT2D eigenvalue weighted by atomic mass is 10.2. The highest BCUT2D eigenvalue weighted by Crippen LogP contribution is 2.16. The summed E-state index contributed by atoms with van der Waals surface area (Å²) in [6.07, 6.45) is 0. The maximum absolute atomic E-state index is 13.8. The monoisotopic (exact) mass is 337 g/mol. The highest BCUT2D eigenvalue weighted by Gasteiger charge is 2.17. The van der Waals surface area contributed by atoms with E-state index in [1.54, 1.807) is 19.9 Å². The number of aromatic nitrogens is 2. The molecule has 0 fully saturated rings. The summed E-state index contributed by atoms with van der Waals surface area (Å²) in [5.41, 5.74) is 1.30. The molecule has 1 amide bonds. The van der Waals surface area contributed by atoms with Crippen molar-refractivity contribution in [3.63, 3.8) is 0 Å². The first-order valence-electron chi connectivity index (χ1n) is 7.69. The molecular formula is C19H16FN3O2. The van der Waals surface area contributed by atoms with E-state index in [1.807, 2.05) is 30.3 Å². The molecule has 0 unspecified atom stereocenters. The molecule has 1 N–H and O–H groups in total. The predicted molar refractivity (Wildman–Crippen MR) is 93.7 cm³/mol. The van der Waals surface area contributed by atoms with Gasteiger partial charge < -0.3 is 5.32 Å². The van der Waals surface area contributed by atoms with Gasteiger partial charge in [0.15, 0.2) is 5.69 Å². The summed E-state index contributed by atoms with van der Waals surface area (Å²) >= 11 is 0.